The lowest BCUT2D eigenvalue weighted by Gasteiger charge is -2.23. The summed E-state index contributed by atoms with van der Waals surface area (Å²) in [5.74, 6) is 0.0667. The first-order chi connectivity index (χ1) is 12.7. The maximum absolute atomic E-state index is 13.3. The van der Waals surface area contributed by atoms with Gasteiger partial charge >= 0.3 is 6.03 Å². The average Bonchev–Trinajstić information content (AvgIpc) is 3.03. The van der Waals surface area contributed by atoms with Crippen LogP contribution in [0.15, 0.2) is 42.5 Å². The van der Waals surface area contributed by atoms with Crippen LogP contribution in [0.25, 0.3) is 0 Å². The Bertz CT molecular complexity index is 999. The van der Waals surface area contributed by atoms with Crippen LogP contribution in [0.3, 0.4) is 0 Å². The van der Waals surface area contributed by atoms with Crippen molar-refractivity contribution in [2.24, 2.45) is 0 Å². The van der Waals surface area contributed by atoms with E-state index in [0.29, 0.717) is 6.54 Å². The number of carbonyl (C=O) groups is 1. The largest absolute Gasteiger partial charge is 0.325 e. The third kappa shape index (κ3) is 3.23. The number of hydrogen-bond acceptors (Lipinski definition) is 3. The number of fused-ring (bicyclic) bond motifs is 1. The van der Waals surface area contributed by atoms with Crippen molar-refractivity contribution >= 4 is 21.6 Å². The Labute approximate surface area is 160 Å². The zero-order valence-corrected chi connectivity index (χ0v) is 16.7. The van der Waals surface area contributed by atoms with Gasteiger partial charge in [0.1, 0.15) is 0 Å². The van der Waals surface area contributed by atoms with Crippen LogP contribution in [0.5, 0.6) is 0 Å². The number of carbonyl (C=O) groups excluding carboxylic acids is 1. The number of amides is 2. The van der Waals surface area contributed by atoms with E-state index in [9.17, 15) is 13.2 Å². The molecule has 0 spiro atoms. The average molecular weight is 385 g/mol. The fourth-order valence-electron chi connectivity index (χ4n) is 4.12. The van der Waals surface area contributed by atoms with Gasteiger partial charge in [0.05, 0.1) is 23.6 Å². The van der Waals surface area contributed by atoms with E-state index in [2.05, 4.69) is 6.07 Å². The Kier molecular flexibility index (Phi) is 4.26. The minimum atomic E-state index is -3.16. The molecule has 6 heteroatoms. The Morgan fingerprint density at radius 1 is 0.926 bits per heavy atom. The van der Waals surface area contributed by atoms with Crippen molar-refractivity contribution < 1.29 is 13.2 Å². The normalized spacial score (nSPS) is 23.7. The summed E-state index contributed by atoms with van der Waals surface area (Å²) in [5.41, 5.74) is 5.18. The summed E-state index contributed by atoms with van der Waals surface area (Å²) in [5, 5.41) is 0. The molecule has 2 saturated heterocycles. The molecule has 0 aromatic heterocycles. The van der Waals surface area contributed by atoms with Crippen molar-refractivity contribution in [1.29, 1.82) is 0 Å². The number of sulfone groups is 1. The molecule has 2 aliphatic heterocycles. The zero-order valence-electron chi connectivity index (χ0n) is 15.8. The lowest BCUT2D eigenvalue weighted by atomic mass is 10.0. The van der Waals surface area contributed by atoms with Gasteiger partial charge in [-0.3, -0.25) is 4.90 Å². The number of aryl methyl sites for hydroxylation is 3. The summed E-state index contributed by atoms with van der Waals surface area (Å²) in [6, 6.07) is 13.1. The van der Waals surface area contributed by atoms with Gasteiger partial charge in [0.15, 0.2) is 9.84 Å². The van der Waals surface area contributed by atoms with Crippen molar-refractivity contribution in [3.05, 3.63) is 64.7 Å². The standard InChI is InChI=1S/C21H24N2O3S/c1-14-5-8-18(9-6-14)23-20-13-27(25,26)12-19(20)22(21(23)24)11-17-10-15(2)4-7-16(17)3/h4-10,19-20H,11-13H2,1-3H3/t19-,20-/m0/s1. The number of rotatable bonds is 3. The van der Waals surface area contributed by atoms with Crippen LogP contribution in [0.4, 0.5) is 10.5 Å². The predicted octanol–water partition coefficient (Wildman–Crippen LogP) is 3.22. The van der Waals surface area contributed by atoms with Crippen molar-refractivity contribution in [3.8, 4) is 0 Å². The van der Waals surface area contributed by atoms with E-state index in [1.807, 2.05) is 57.2 Å². The third-order valence-electron chi connectivity index (χ3n) is 5.63. The molecule has 0 saturated carbocycles. The van der Waals surface area contributed by atoms with Gasteiger partial charge in [0.25, 0.3) is 0 Å². The Balaban J connectivity index is 1.72. The topological polar surface area (TPSA) is 57.7 Å². The third-order valence-corrected chi connectivity index (χ3v) is 7.33. The van der Waals surface area contributed by atoms with E-state index in [1.165, 1.54) is 0 Å². The maximum Gasteiger partial charge on any atom is 0.325 e. The molecule has 2 fully saturated rings. The molecule has 0 bridgehead atoms. The Hall–Kier alpha value is -2.34. The summed E-state index contributed by atoms with van der Waals surface area (Å²) < 4.78 is 24.7. The van der Waals surface area contributed by atoms with Gasteiger partial charge in [0.2, 0.25) is 0 Å². The molecule has 27 heavy (non-hydrogen) atoms. The molecule has 2 aromatic rings. The van der Waals surface area contributed by atoms with Crippen LogP contribution in [0.2, 0.25) is 0 Å². The first-order valence-corrected chi connectivity index (χ1v) is 11.0. The van der Waals surface area contributed by atoms with Crippen LogP contribution in [0, 0.1) is 20.8 Å². The highest BCUT2D eigenvalue weighted by molar-refractivity contribution is 7.91. The van der Waals surface area contributed by atoms with Crippen molar-refractivity contribution in [2.75, 3.05) is 16.4 Å². The molecule has 5 nitrogen and oxygen atoms in total. The lowest BCUT2D eigenvalue weighted by molar-refractivity contribution is 0.205. The number of benzene rings is 2. The van der Waals surface area contributed by atoms with Gasteiger partial charge in [-0.15, -0.1) is 0 Å². The number of nitrogens with zero attached hydrogens (tertiary/aromatic N) is 2. The van der Waals surface area contributed by atoms with E-state index < -0.39 is 9.84 Å². The van der Waals surface area contributed by atoms with Gasteiger partial charge < -0.3 is 4.90 Å². The highest BCUT2D eigenvalue weighted by Gasteiger charge is 2.53. The summed E-state index contributed by atoms with van der Waals surface area (Å²) in [7, 11) is -3.16. The summed E-state index contributed by atoms with van der Waals surface area (Å²) in [4.78, 5) is 16.7. The molecule has 2 aliphatic rings. The van der Waals surface area contributed by atoms with E-state index >= 15 is 0 Å². The Morgan fingerprint density at radius 3 is 2.26 bits per heavy atom. The van der Waals surface area contributed by atoms with Crippen LogP contribution in [0.1, 0.15) is 22.3 Å². The SMILES string of the molecule is Cc1ccc(N2C(=O)N(Cc3cc(C)ccc3C)[C@H]3CS(=O)(=O)C[C@@H]32)cc1. The monoisotopic (exact) mass is 384 g/mol. The summed E-state index contributed by atoms with van der Waals surface area (Å²) >= 11 is 0. The molecule has 0 unspecified atom stereocenters. The molecule has 2 heterocycles. The van der Waals surface area contributed by atoms with Crippen molar-refractivity contribution in [1.82, 2.24) is 4.90 Å². The quantitative estimate of drug-likeness (QED) is 0.764. The van der Waals surface area contributed by atoms with Crippen LogP contribution in [-0.2, 0) is 16.4 Å². The molecule has 2 amide bonds. The van der Waals surface area contributed by atoms with Gasteiger partial charge in [-0.25, -0.2) is 13.2 Å². The van der Waals surface area contributed by atoms with Gasteiger partial charge in [-0.2, -0.15) is 0 Å². The number of hydrogen-bond donors (Lipinski definition) is 0. The first-order valence-electron chi connectivity index (χ1n) is 9.18. The smallest absolute Gasteiger partial charge is 0.314 e. The second-order valence-electron chi connectivity index (χ2n) is 7.76. The Morgan fingerprint density at radius 2 is 1.56 bits per heavy atom. The predicted molar refractivity (Wildman–Crippen MR) is 107 cm³/mol. The maximum atomic E-state index is 13.3. The molecular weight excluding hydrogens is 360 g/mol. The molecule has 4 rings (SSSR count). The minimum absolute atomic E-state index is 0.0284. The summed E-state index contributed by atoms with van der Waals surface area (Å²) in [6.07, 6.45) is 0. The van der Waals surface area contributed by atoms with E-state index in [-0.39, 0.29) is 29.6 Å². The molecule has 142 valence electrons. The lowest BCUT2D eigenvalue weighted by Crippen LogP contribution is -2.37. The summed E-state index contributed by atoms with van der Waals surface area (Å²) in [6.45, 7) is 6.47. The van der Waals surface area contributed by atoms with E-state index in [0.717, 1.165) is 27.9 Å². The van der Waals surface area contributed by atoms with Crippen LogP contribution >= 0.6 is 0 Å². The van der Waals surface area contributed by atoms with E-state index in [4.69, 9.17) is 0 Å². The number of anilines is 1. The first kappa shape index (κ1) is 18.0. The van der Waals surface area contributed by atoms with Gasteiger partial charge in [-0.1, -0.05) is 41.5 Å². The molecule has 2 atom stereocenters. The molecular formula is C21H24N2O3S. The van der Waals surface area contributed by atoms with Crippen LogP contribution in [-0.4, -0.2) is 42.9 Å². The number of urea groups is 1. The minimum Gasteiger partial charge on any atom is -0.314 e. The van der Waals surface area contributed by atoms with E-state index in [1.54, 1.807) is 9.80 Å². The van der Waals surface area contributed by atoms with Crippen LogP contribution < -0.4 is 4.90 Å². The molecule has 0 aliphatic carbocycles. The zero-order chi connectivity index (χ0) is 19.3. The second kappa shape index (κ2) is 6.37. The van der Waals surface area contributed by atoms with Gasteiger partial charge in [0, 0.05) is 12.2 Å². The molecule has 0 N–H and O–H groups in total. The fraction of sp³-hybridized carbons (Fsp3) is 0.381. The molecule has 0 radical (unpaired) electrons. The fourth-order valence-corrected chi connectivity index (χ4v) is 6.07. The van der Waals surface area contributed by atoms with Crippen molar-refractivity contribution in [3.63, 3.8) is 0 Å². The molecule has 2 aromatic carbocycles. The highest BCUT2D eigenvalue weighted by atomic mass is 32.2. The highest BCUT2D eigenvalue weighted by Crippen LogP contribution is 2.36. The van der Waals surface area contributed by atoms with Gasteiger partial charge in [-0.05, 0) is 44.0 Å². The second-order valence-corrected chi connectivity index (χ2v) is 9.91. The van der Waals surface area contributed by atoms with Crippen molar-refractivity contribution in [2.45, 2.75) is 39.4 Å².